The van der Waals surface area contributed by atoms with E-state index >= 15 is 0 Å². The lowest BCUT2D eigenvalue weighted by molar-refractivity contribution is -0.123. The molecule has 1 fully saturated rings. The van der Waals surface area contributed by atoms with Gasteiger partial charge in [0.2, 0.25) is 5.91 Å². The van der Waals surface area contributed by atoms with Crippen molar-refractivity contribution in [2.75, 3.05) is 0 Å². The third-order valence-electron chi connectivity index (χ3n) is 4.88. The Morgan fingerprint density at radius 2 is 2.04 bits per heavy atom. The number of H-pyrrole nitrogens is 1. The number of rotatable bonds is 3. The molecule has 0 saturated carbocycles. The lowest BCUT2D eigenvalue weighted by atomic mass is 9.95. The molecule has 24 heavy (non-hydrogen) atoms. The number of fused-ring (bicyclic) bond motifs is 1. The molecule has 1 aromatic carbocycles. The molecule has 4 nitrogen and oxygen atoms in total. The molecule has 1 atom stereocenters. The number of hydrogen-bond donors (Lipinski definition) is 2. The fraction of sp³-hybridized carbons (Fsp3) is 0.300. The van der Waals surface area contributed by atoms with E-state index < -0.39 is 0 Å². The van der Waals surface area contributed by atoms with Crippen LogP contribution in [0.15, 0.2) is 42.7 Å². The number of pyridine rings is 1. The second-order valence-electron chi connectivity index (χ2n) is 6.42. The molecule has 1 unspecified atom stereocenters. The van der Waals surface area contributed by atoms with Crippen molar-refractivity contribution < 1.29 is 4.79 Å². The minimum Gasteiger partial charge on any atom is -0.349 e. The van der Waals surface area contributed by atoms with Crippen LogP contribution in [0.5, 0.6) is 0 Å². The Morgan fingerprint density at radius 1 is 1.21 bits per heavy atom. The van der Waals surface area contributed by atoms with Crippen LogP contribution in [-0.4, -0.2) is 15.9 Å². The second kappa shape index (κ2) is 6.11. The normalized spacial score (nSPS) is 17.9. The molecule has 122 valence electrons. The van der Waals surface area contributed by atoms with Gasteiger partial charge in [0.25, 0.3) is 0 Å². The smallest absolute Gasteiger partial charge is 0.220 e. The van der Waals surface area contributed by atoms with E-state index in [2.05, 4.69) is 52.5 Å². The van der Waals surface area contributed by atoms with E-state index in [-0.39, 0.29) is 11.9 Å². The predicted molar refractivity (Wildman–Crippen MR) is 95.6 cm³/mol. The minimum absolute atomic E-state index is 0.150. The number of nitrogens with zero attached hydrogens (tertiary/aromatic N) is 1. The maximum absolute atomic E-state index is 11.6. The van der Waals surface area contributed by atoms with E-state index in [4.69, 9.17) is 0 Å². The van der Waals surface area contributed by atoms with Gasteiger partial charge in [0.05, 0.1) is 6.04 Å². The molecule has 1 aliphatic rings. The zero-order valence-electron chi connectivity index (χ0n) is 13.8. The summed E-state index contributed by atoms with van der Waals surface area (Å²) >= 11 is 0. The molecule has 3 aromatic rings. The standard InChI is InChI=1S/C20H21N3O/c1-2-13-11-21-20-17(13)10-16(12-22-20)14-6-8-15(9-7-14)18-4-3-5-19(24)23-18/h6-12,18H,2-5H2,1H3,(H,21,22)(H,23,24). The van der Waals surface area contributed by atoms with Crippen molar-refractivity contribution in [1.82, 2.24) is 15.3 Å². The van der Waals surface area contributed by atoms with Crippen LogP contribution in [0.1, 0.15) is 43.4 Å². The molecule has 0 radical (unpaired) electrons. The van der Waals surface area contributed by atoms with Gasteiger partial charge in [0.15, 0.2) is 0 Å². The lowest BCUT2D eigenvalue weighted by Crippen LogP contribution is -2.32. The summed E-state index contributed by atoms with van der Waals surface area (Å²) in [6.45, 7) is 2.16. The van der Waals surface area contributed by atoms with Crippen molar-refractivity contribution in [1.29, 1.82) is 0 Å². The van der Waals surface area contributed by atoms with Gasteiger partial charge in [-0.25, -0.2) is 4.98 Å². The maximum Gasteiger partial charge on any atom is 0.220 e. The SMILES string of the molecule is CCc1c[nH]c2ncc(-c3ccc(C4CCCC(=O)N4)cc3)cc12. The predicted octanol–water partition coefficient (Wildman–Crippen LogP) is 4.13. The topological polar surface area (TPSA) is 57.8 Å². The van der Waals surface area contributed by atoms with Crippen LogP contribution < -0.4 is 5.32 Å². The lowest BCUT2D eigenvalue weighted by Gasteiger charge is -2.23. The van der Waals surface area contributed by atoms with Crippen LogP contribution in [0.4, 0.5) is 0 Å². The van der Waals surface area contributed by atoms with Crippen LogP contribution in [0.2, 0.25) is 0 Å². The average molecular weight is 319 g/mol. The van der Waals surface area contributed by atoms with Crippen LogP contribution in [0.25, 0.3) is 22.2 Å². The first-order valence-electron chi connectivity index (χ1n) is 8.60. The fourth-order valence-electron chi connectivity index (χ4n) is 3.47. The first kappa shape index (κ1) is 14.9. The number of aromatic nitrogens is 2. The molecule has 0 aliphatic carbocycles. The number of aryl methyl sites for hydroxylation is 1. The van der Waals surface area contributed by atoms with Crippen LogP contribution in [0, 0.1) is 0 Å². The van der Waals surface area contributed by atoms with Gasteiger partial charge in [-0.05, 0) is 42.0 Å². The Kier molecular flexibility index (Phi) is 3.81. The Bertz CT molecular complexity index is 880. The number of carbonyl (C=O) groups is 1. The van der Waals surface area contributed by atoms with Gasteiger partial charge >= 0.3 is 0 Å². The number of nitrogens with one attached hydrogen (secondary N) is 2. The number of hydrogen-bond acceptors (Lipinski definition) is 2. The summed E-state index contributed by atoms with van der Waals surface area (Å²) in [7, 11) is 0. The van der Waals surface area contributed by atoms with Crippen molar-refractivity contribution in [3.63, 3.8) is 0 Å². The summed E-state index contributed by atoms with van der Waals surface area (Å²) in [4.78, 5) is 19.3. The molecule has 1 saturated heterocycles. The summed E-state index contributed by atoms with van der Waals surface area (Å²) in [6.07, 6.45) is 7.57. The summed E-state index contributed by atoms with van der Waals surface area (Å²) in [5.41, 5.74) is 5.68. The van der Waals surface area contributed by atoms with Crippen molar-refractivity contribution >= 4 is 16.9 Å². The zero-order chi connectivity index (χ0) is 16.5. The van der Waals surface area contributed by atoms with Crippen molar-refractivity contribution in [3.8, 4) is 11.1 Å². The summed E-state index contributed by atoms with van der Waals surface area (Å²) in [5.74, 6) is 0.157. The van der Waals surface area contributed by atoms with E-state index in [1.807, 2.05) is 12.4 Å². The van der Waals surface area contributed by atoms with Crippen LogP contribution in [-0.2, 0) is 11.2 Å². The van der Waals surface area contributed by atoms with Gasteiger partial charge in [-0.3, -0.25) is 4.79 Å². The fourth-order valence-corrected chi connectivity index (χ4v) is 3.47. The zero-order valence-corrected chi connectivity index (χ0v) is 13.8. The van der Waals surface area contributed by atoms with Gasteiger partial charge in [0, 0.05) is 29.8 Å². The van der Waals surface area contributed by atoms with Crippen molar-refractivity contribution in [3.05, 3.63) is 53.9 Å². The number of piperidine rings is 1. The Morgan fingerprint density at radius 3 is 2.79 bits per heavy atom. The number of benzene rings is 1. The number of aromatic amines is 1. The molecule has 0 spiro atoms. The molecule has 3 heterocycles. The summed E-state index contributed by atoms with van der Waals surface area (Å²) in [5, 5.41) is 4.27. The Labute approximate surface area is 141 Å². The number of amides is 1. The molecular weight excluding hydrogens is 298 g/mol. The highest BCUT2D eigenvalue weighted by Gasteiger charge is 2.19. The monoisotopic (exact) mass is 319 g/mol. The third kappa shape index (κ3) is 2.68. The number of carbonyl (C=O) groups excluding carboxylic acids is 1. The molecular formula is C20H21N3O. The van der Waals surface area contributed by atoms with Gasteiger partial charge in [-0.1, -0.05) is 31.2 Å². The van der Waals surface area contributed by atoms with Gasteiger partial charge < -0.3 is 10.3 Å². The molecule has 0 bridgehead atoms. The maximum atomic E-state index is 11.6. The molecule has 4 rings (SSSR count). The quantitative estimate of drug-likeness (QED) is 0.762. The first-order chi connectivity index (χ1) is 11.7. The largest absolute Gasteiger partial charge is 0.349 e. The van der Waals surface area contributed by atoms with Crippen molar-refractivity contribution in [2.45, 2.75) is 38.6 Å². The molecule has 1 amide bonds. The highest BCUT2D eigenvalue weighted by atomic mass is 16.1. The van der Waals surface area contributed by atoms with E-state index in [1.165, 1.54) is 16.5 Å². The van der Waals surface area contributed by atoms with Gasteiger partial charge in [-0.2, -0.15) is 0 Å². The van der Waals surface area contributed by atoms with E-state index in [1.54, 1.807) is 0 Å². The van der Waals surface area contributed by atoms with Crippen LogP contribution >= 0.6 is 0 Å². The summed E-state index contributed by atoms with van der Waals surface area (Å²) < 4.78 is 0. The highest BCUT2D eigenvalue weighted by molar-refractivity contribution is 5.84. The van der Waals surface area contributed by atoms with E-state index in [0.29, 0.717) is 6.42 Å². The minimum atomic E-state index is 0.150. The summed E-state index contributed by atoms with van der Waals surface area (Å²) in [6, 6.07) is 10.8. The van der Waals surface area contributed by atoms with Crippen molar-refractivity contribution in [2.24, 2.45) is 0 Å². The van der Waals surface area contributed by atoms with E-state index in [9.17, 15) is 4.79 Å². The highest BCUT2D eigenvalue weighted by Crippen LogP contribution is 2.28. The third-order valence-corrected chi connectivity index (χ3v) is 4.88. The molecule has 1 aliphatic heterocycles. The van der Waals surface area contributed by atoms with Crippen LogP contribution in [0.3, 0.4) is 0 Å². The Hall–Kier alpha value is -2.62. The average Bonchev–Trinajstić information content (AvgIpc) is 3.04. The van der Waals surface area contributed by atoms with Gasteiger partial charge in [-0.15, -0.1) is 0 Å². The van der Waals surface area contributed by atoms with Gasteiger partial charge in [0.1, 0.15) is 5.65 Å². The second-order valence-corrected chi connectivity index (χ2v) is 6.42. The molecule has 4 heteroatoms. The molecule has 2 N–H and O–H groups in total. The first-order valence-corrected chi connectivity index (χ1v) is 8.60. The van der Waals surface area contributed by atoms with E-state index in [0.717, 1.165) is 36.0 Å². The molecule has 2 aromatic heterocycles. The Balaban J connectivity index is 1.63.